The fourth-order valence-corrected chi connectivity index (χ4v) is 1.76. The largest absolute Gasteiger partial charge is 0.309 e. The number of nitrogens with one attached hydrogen (secondary N) is 1. The van der Waals surface area contributed by atoms with Crippen molar-refractivity contribution in [3.05, 3.63) is 65.5 Å². The molecule has 0 aliphatic carbocycles. The fourth-order valence-electron chi connectivity index (χ4n) is 1.76. The molecule has 0 unspecified atom stereocenters. The normalized spacial score (nSPS) is 12.4. The molecule has 0 saturated carbocycles. The standard InChI is InChI=1S/C13H12F2N2/c1-16-13(10-3-2-6-17-8-10)9-4-5-11(14)12(15)7-9/h2-8,13,16H,1H3/t13-/m0/s1. The van der Waals surface area contributed by atoms with Gasteiger partial charge in [0.1, 0.15) is 0 Å². The maximum atomic E-state index is 13.2. The van der Waals surface area contributed by atoms with Gasteiger partial charge in [-0.15, -0.1) is 0 Å². The summed E-state index contributed by atoms with van der Waals surface area (Å²) in [5, 5.41) is 3.05. The van der Waals surface area contributed by atoms with Crippen LogP contribution >= 0.6 is 0 Å². The first-order valence-electron chi connectivity index (χ1n) is 5.24. The van der Waals surface area contributed by atoms with Crippen LogP contribution in [-0.4, -0.2) is 12.0 Å². The number of halogens is 2. The summed E-state index contributed by atoms with van der Waals surface area (Å²) in [5.41, 5.74) is 1.57. The third kappa shape index (κ3) is 2.47. The summed E-state index contributed by atoms with van der Waals surface area (Å²) in [6.07, 6.45) is 3.36. The Bertz CT molecular complexity index is 500. The molecule has 2 nitrogen and oxygen atoms in total. The van der Waals surface area contributed by atoms with E-state index in [4.69, 9.17) is 0 Å². The van der Waals surface area contributed by atoms with E-state index in [0.717, 1.165) is 11.6 Å². The minimum atomic E-state index is -0.841. The SMILES string of the molecule is CN[C@H](c1cccnc1)c1ccc(F)c(F)c1. The van der Waals surface area contributed by atoms with Crippen LogP contribution in [0.2, 0.25) is 0 Å². The minimum absolute atomic E-state index is 0.196. The van der Waals surface area contributed by atoms with E-state index < -0.39 is 11.6 Å². The highest BCUT2D eigenvalue weighted by molar-refractivity contribution is 5.30. The van der Waals surface area contributed by atoms with Gasteiger partial charge in [-0.2, -0.15) is 0 Å². The molecule has 0 fully saturated rings. The van der Waals surface area contributed by atoms with E-state index in [1.807, 2.05) is 6.07 Å². The van der Waals surface area contributed by atoms with Gasteiger partial charge >= 0.3 is 0 Å². The monoisotopic (exact) mass is 234 g/mol. The molecule has 2 rings (SSSR count). The molecule has 0 radical (unpaired) electrons. The summed E-state index contributed by atoms with van der Waals surface area (Å²) in [4.78, 5) is 4.01. The molecular weight excluding hydrogens is 222 g/mol. The highest BCUT2D eigenvalue weighted by Gasteiger charge is 2.13. The topological polar surface area (TPSA) is 24.9 Å². The Morgan fingerprint density at radius 2 is 1.94 bits per heavy atom. The van der Waals surface area contributed by atoms with Crippen LogP contribution < -0.4 is 5.32 Å². The minimum Gasteiger partial charge on any atom is -0.309 e. The van der Waals surface area contributed by atoms with Crippen LogP contribution in [0.15, 0.2) is 42.7 Å². The van der Waals surface area contributed by atoms with Crippen molar-refractivity contribution in [1.82, 2.24) is 10.3 Å². The molecule has 1 heterocycles. The zero-order chi connectivity index (χ0) is 12.3. The lowest BCUT2D eigenvalue weighted by Gasteiger charge is -2.16. The van der Waals surface area contributed by atoms with Crippen LogP contribution in [0.5, 0.6) is 0 Å². The summed E-state index contributed by atoms with van der Waals surface area (Å²) >= 11 is 0. The molecule has 0 saturated heterocycles. The third-order valence-electron chi connectivity index (χ3n) is 2.58. The van der Waals surface area contributed by atoms with Gasteiger partial charge in [0, 0.05) is 12.4 Å². The number of aromatic nitrogens is 1. The van der Waals surface area contributed by atoms with Crippen LogP contribution in [0, 0.1) is 11.6 Å². The quantitative estimate of drug-likeness (QED) is 0.883. The van der Waals surface area contributed by atoms with Gasteiger partial charge in [-0.3, -0.25) is 4.98 Å². The molecule has 0 aliphatic heterocycles. The van der Waals surface area contributed by atoms with Crippen molar-refractivity contribution in [2.45, 2.75) is 6.04 Å². The van der Waals surface area contributed by atoms with Crippen molar-refractivity contribution in [3.8, 4) is 0 Å². The van der Waals surface area contributed by atoms with E-state index in [0.29, 0.717) is 5.56 Å². The molecule has 0 aliphatic rings. The predicted molar refractivity (Wildman–Crippen MR) is 61.5 cm³/mol. The number of nitrogens with zero attached hydrogens (tertiary/aromatic N) is 1. The van der Waals surface area contributed by atoms with E-state index in [1.165, 1.54) is 6.07 Å². The second kappa shape index (κ2) is 5.01. The lowest BCUT2D eigenvalue weighted by molar-refractivity contribution is 0.505. The Morgan fingerprint density at radius 1 is 1.12 bits per heavy atom. The summed E-state index contributed by atoms with van der Waals surface area (Å²) in [6, 6.07) is 7.38. The van der Waals surface area contributed by atoms with Gasteiger partial charge in [-0.25, -0.2) is 8.78 Å². The van der Waals surface area contributed by atoms with Crippen molar-refractivity contribution in [1.29, 1.82) is 0 Å². The Kier molecular flexibility index (Phi) is 3.44. The maximum Gasteiger partial charge on any atom is 0.159 e. The Labute approximate surface area is 98.3 Å². The molecule has 0 amide bonds. The lowest BCUT2D eigenvalue weighted by Crippen LogP contribution is -2.18. The molecule has 1 aromatic heterocycles. The van der Waals surface area contributed by atoms with Gasteiger partial charge in [0.2, 0.25) is 0 Å². The van der Waals surface area contributed by atoms with Crippen molar-refractivity contribution in [2.75, 3.05) is 7.05 Å². The Balaban J connectivity index is 2.39. The van der Waals surface area contributed by atoms with E-state index in [1.54, 1.807) is 31.6 Å². The number of hydrogen-bond acceptors (Lipinski definition) is 2. The summed E-state index contributed by atoms with van der Waals surface area (Å²) in [5.74, 6) is -1.68. The average Bonchev–Trinajstić information content (AvgIpc) is 2.36. The maximum absolute atomic E-state index is 13.2. The van der Waals surface area contributed by atoms with Crippen LogP contribution in [0.1, 0.15) is 17.2 Å². The molecule has 1 aromatic carbocycles. The van der Waals surface area contributed by atoms with Gasteiger partial charge in [0.15, 0.2) is 11.6 Å². The molecule has 4 heteroatoms. The summed E-state index contributed by atoms with van der Waals surface area (Å²) in [6.45, 7) is 0. The number of rotatable bonds is 3. The molecular formula is C13H12F2N2. The van der Waals surface area contributed by atoms with Crippen molar-refractivity contribution in [3.63, 3.8) is 0 Å². The third-order valence-corrected chi connectivity index (χ3v) is 2.58. The summed E-state index contributed by atoms with van der Waals surface area (Å²) < 4.78 is 26.0. The second-order valence-electron chi connectivity index (χ2n) is 3.68. The zero-order valence-corrected chi connectivity index (χ0v) is 9.32. The van der Waals surface area contributed by atoms with Crippen molar-refractivity contribution in [2.24, 2.45) is 0 Å². The van der Waals surface area contributed by atoms with E-state index in [-0.39, 0.29) is 6.04 Å². The van der Waals surface area contributed by atoms with Gasteiger partial charge in [0.25, 0.3) is 0 Å². The van der Waals surface area contributed by atoms with Crippen molar-refractivity contribution >= 4 is 0 Å². The van der Waals surface area contributed by atoms with Gasteiger partial charge in [-0.1, -0.05) is 12.1 Å². The van der Waals surface area contributed by atoms with E-state index in [2.05, 4.69) is 10.3 Å². The molecule has 2 aromatic rings. The molecule has 17 heavy (non-hydrogen) atoms. The average molecular weight is 234 g/mol. The first-order valence-corrected chi connectivity index (χ1v) is 5.24. The van der Waals surface area contributed by atoms with Crippen LogP contribution in [0.3, 0.4) is 0 Å². The van der Waals surface area contributed by atoms with Gasteiger partial charge < -0.3 is 5.32 Å². The number of benzene rings is 1. The molecule has 1 atom stereocenters. The fraction of sp³-hybridized carbons (Fsp3) is 0.154. The summed E-state index contributed by atoms with van der Waals surface area (Å²) in [7, 11) is 1.76. The van der Waals surface area contributed by atoms with Gasteiger partial charge in [0.05, 0.1) is 6.04 Å². The van der Waals surface area contributed by atoms with Crippen LogP contribution in [-0.2, 0) is 0 Å². The molecule has 0 bridgehead atoms. The Morgan fingerprint density at radius 3 is 2.53 bits per heavy atom. The number of pyridine rings is 1. The molecule has 0 spiro atoms. The first-order chi connectivity index (χ1) is 8.22. The molecule has 1 N–H and O–H groups in total. The smallest absolute Gasteiger partial charge is 0.159 e. The van der Waals surface area contributed by atoms with Crippen LogP contribution in [0.25, 0.3) is 0 Å². The predicted octanol–water partition coefficient (Wildman–Crippen LogP) is 2.67. The van der Waals surface area contributed by atoms with Crippen LogP contribution in [0.4, 0.5) is 8.78 Å². The lowest BCUT2D eigenvalue weighted by atomic mass is 10.0. The van der Waals surface area contributed by atoms with Gasteiger partial charge in [-0.05, 0) is 36.4 Å². The first kappa shape index (κ1) is 11.7. The molecule has 88 valence electrons. The zero-order valence-electron chi connectivity index (χ0n) is 9.32. The highest BCUT2D eigenvalue weighted by atomic mass is 19.2. The van der Waals surface area contributed by atoms with E-state index >= 15 is 0 Å². The number of hydrogen-bond donors (Lipinski definition) is 1. The van der Waals surface area contributed by atoms with Crippen molar-refractivity contribution < 1.29 is 8.78 Å². The Hall–Kier alpha value is -1.81. The van der Waals surface area contributed by atoms with E-state index in [9.17, 15) is 8.78 Å². The second-order valence-corrected chi connectivity index (χ2v) is 3.68. The highest BCUT2D eigenvalue weighted by Crippen LogP contribution is 2.22.